The molecule has 0 amide bonds. The van der Waals surface area contributed by atoms with Crippen LogP contribution in [0.4, 0.5) is 10.8 Å². The molecule has 0 spiro atoms. The van der Waals surface area contributed by atoms with E-state index in [9.17, 15) is 0 Å². The molecule has 1 aliphatic heterocycles. The van der Waals surface area contributed by atoms with Crippen molar-refractivity contribution in [3.05, 3.63) is 36.5 Å². The molecule has 3 rings (SSSR count). The largest absolute Gasteiger partial charge is 0.402 e. The number of nitrogens with zero attached hydrogens (tertiary/aromatic N) is 4. The summed E-state index contributed by atoms with van der Waals surface area (Å²) in [5.41, 5.74) is 8.92. The second-order valence-corrected chi connectivity index (χ2v) is 7.13. The highest BCUT2D eigenvalue weighted by molar-refractivity contribution is 7.18. The molecule has 1 saturated heterocycles. The van der Waals surface area contributed by atoms with Gasteiger partial charge in [-0.15, -0.1) is 10.2 Å². The Hall–Kier alpha value is -2.08. The van der Waals surface area contributed by atoms with Gasteiger partial charge >= 0.3 is 0 Å². The van der Waals surface area contributed by atoms with Crippen LogP contribution in [0.1, 0.15) is 12.8 Å². The summed E-state index contributed by atoms with van der Waals surface area (Å²) in [6, 6.07) is 8.39. The van der Waals surface area contributed by atoms with Crippen molar-refractivity contribution in [1.82, 2.24) is 10.2 Å². The van der Waals surface area contributed by atoms with Crippen LogP contribution in [0.3, 0.4) is 0 Å². The summed E-state index contributed by atoms with van der Waals surface area (Å²) in [5.74, 6) is 0.440. The van der Waals surface area contributed by atoms with Gasteiger partial charge in [0.2, 0.25) is 5.13 Å². The fraction of sp³-hybridized carbons (Fsp3) is 0.412. The van der Waals surface area contributed by atoms with E-state index in [0.29, 0.717) is 5.92 Å². The van der Waals surface area contributed by atoms with Gasteiger partial charge in [0.1, 0.15) is 5.01 Å². The zero-order valence-corrected chi connectivity index (χ0v) is 14.5. The van der Waals surface area contributed by atoms with Crippen LogP contribution in [0.15, 0.2) is 36.5 Å². The maximum Gasteiger partial charge on any atom is 0.208 e. The molecule has 0 bridgehead atoms. The van der Waals surface area contributed by atoms with Gasteiger partial charge in [0.25, 0.3) is 0 Å². The van der Waals surface area contributed by atoms with Gasteiger partial charge in [-0.2, -0.15) is 0 Å². The maximum atomic E-state index is 5.83. The summed E-state index contributed by atoms with van der Waals surface area (Å²) in [5, 5.41) is 10.7. The highest BCUT2D eigenvalue weighted by atomic mass is 32.1. The Bertz CT molecular complexity index is 686. The third kappa shape index (κ3) is 3.47. The van der Waals surface area contributed by atoms with Gasteiger partial charge < -0.3 is 15.5 Å². The first-order valence-electron chi connectivity index (χ1n) is 7.85. The van der Waals surface area contributed by atoms with E-state index in [1.807, 2.05) is 14.1 Å². The first-order chi connectivity index (χ1) is 11.0. The van der Waals surface area contributed by atoms with E-state index in [2.05, 4.69) is 50.8 Å². The van der Waals surface area contributed by atoms with E-state index in [0.717, 1.165) is 47.3 Å². The number of hydrogen-bond donors (Lipinski definition) is 1. The molecule has 0 saturated carbocycles. The highest BCUT2D eigenvalue weighted by Gasteiger charge is 2.22. The predicted octanol–water partition coefficient (Wildman–Crippen LogP) is 2.96. The smallest absolute Gasteiger partial charge is 0.208 e. The fourth-order valence-corrected chi connectivity index (χ4v) is 3.71. The molecule has 1 fully saturated rings. The highest BCUT2D eigenvalue weighted by Crippen LogP contribution is 2.32. The molecule has 1 aromatic carbocycles. The summed E-state index contributed by atoms with van der Waals surface area (Å²) in [6.07, 6.45) is 2.08. The average molecular weight is 329 g/mol. The van der Waals surface area contributed by atoms with Crippen molar-refractivity contribution < 1.29 is 0 Å². The second kappa shape index (κ2) is 6.58. The molecule has 6 heteroatoms. The number of benzene rings is 1. The zero-order valence-electron chi connectivity index (χ0n) is 13.7. The van der Waals surface area contributed by atoms with Crippen molar-refractivity contribution in [2.45, 2.75) is 12.8 Å². The number of nitrogens with two attached hydrogens (primary N) is 1. The lowest BCUT2D eigenvalue weighted by molar-refractivity contribution is 0.455. The van der Waals surface area contributed by atoms with E-state index >= 15 is 0 Å². The van der Waals surface area contributed by atoms with Gasteiger partial charge in [-0.1, -0.05) is 30.0 Å². The summed E-state index contributed by atoms with van der Waals surface area (Å²) in [4.78, 5) is 4.40. The van der Waals surface area contributed by atoms with Crippen LogP contribution >= 0.6 is 11.3 Å². The normalized spacial score (nSPS) is 15.7. The summed E-state index contributed by atoms with van der Waals surface area (Å²) >= 11 is 1.65. The molecule has 2 N–H and O–H groups in total. The third-order valence-electron chi connectivity index (χ3n) is 4.31. The van der Waals surface area contributed by atoms with Gasteiger partial charge in [0.05, 0.1) is 0 Å². The lowest BCUT2D eigenvalue weighted by atomic mass is 9.95. The van der Waals surface area contributed by atoms with Crippen LogP contribution in [0, 0.1) is 5.92 Å². The van der Waals surface area contributed by atoms with Crippen molar-refractivity contribution in [2.24, 2.45) is 11.7 Å². The number of rotatable bonds is 4. The monoisotopic (exact) mass is 329 g/mol. The number of aromatic nitrogens is 2. The zero-order chi connectivity index (χ0) is 16.4. The van der Waals surface area contributed by atoms with Crippen molar-refractivity contribution in [3.63, 3.8) is 0 Å². The quantitative estimate of drug-likeness (QED) is 0.934. The average Bonchev–Trinajstić information content (AvgIpc) is 3.05. The fourth-order valence-electron chi connectivity index (χ4n) is 2.82. The van der Waals surface area contributed by atoms with Crippen LogP contribution < -0.4 is 15.5 Å². The van der Waals surface area contributed by atoms with Crippen LogP contribution in [0.5, 0.6) is 0 Å². The minimum atomic E-state index is 0.440. The summed E-state index contributed by atoms with van der Waals surface area (Å²) in [6.45, 7) is 5.80. The summed E-state index contributed by atoms with van der Waals surface area (Å²) in [7, 11) is 4.08. The van der Waals surface area contributed by atoms with Gasteiger partial charge in [-0.25, -0.2) is 0 Å². The Morgan fingerprint density at radius 1 is 1.30 bits per heavy atom. The lowest BCUT2D eigenvalue weighted by Crippen LogP contribution is -2.35. The topological polar surface area (TPSA) is 58.3 Å². The van der Waals surface area contributed by atoms with Crippen molar-refractivity contribution in [1.29, 1.82) is 0 Å². The molecule has 1 aromatic heterocycles. The predicted molar refractivity (Wildman–Crippen MR) is 97.9 cm³/mol. The Morgan fingerprint density at radius 2 is 2.04 bits per heavy atom. The molecule has 23 heavy (non-hydrogen) atoms. The van der Waals surface area contributed by atoms with E-state index in [-0.39, 0.29) is 0 Å². The third-order valence-corrected chi connectivity index (χ3v) is 5.35. The van der Waals surface area contributed by atoms with Crippen LogP contribution in [-0.4, -0.2) is 37.4 Å². The Balaban J connectivity index is 1.74. The Morgan fingerprint density at radius 3 is 2.70 bits per heavy atom. The van der Waals surface area contributed by atoms with E-state index in [4.69, 9.17) is 5.73 Å². The molecule has 0 atom stereocenters. The molecule has 0 unspecified atom stereocenters. The maximum absolute atomic E-state index is 5.83. The molecule has 122 valence electrons. The lowest BCUT2D eigenvalue weighted by Gasteiger charge is -2.31. The van der Waals surface area contributed by atoms with Crippen molar-refractivity contribution in [3.8, 4) is 10.6 Å². The number of anilines is 2. The molecule has 1 aliphatic rings. The van der Waals surface area contributed by atoms with Crippen LogP contribution in [0.25, 0.3) is 10.6 Å². The van der Waals surface area contributed by atoms with Crippen LogP contribution in [0.2, 0.25) is 0 Å². The minimum absolute atomic E-state index is 0.440. The van der Waals surface area contributed by atoms with Crippen molar-refractivity contribution >= 4 is 22.2 Å². The molecule has 5 nitrogen and oxygen atoms in total. The SMILES string of the molecule is C=C(N)C1CCN(c2nnc(-c3cccc(N(C)C)c3)s2)CC1. The first kappa shape index (κ1) is 15.8. The second-order valence-electron chi connectivity index (χ2n) is 6.17. The molecular weight excluding hydrogens is 306 g/mol. The Kier molecular flexibility index (Phi) is 4.52. The van der Waals surface area contributed by atoms with E-state index in [1.165, 1.54) is 5.69 Å². The Labute approximate surface area is 141 Å². The standard InChI is InChI=1S/C17H23N5S/c1-12(18)13-7-9-22(10-8-13)17-20-19-16(23-17)14-5-4-6-15(11-14)21(2)3/h4-6,11,13H,1,7-10,18H2,2-3H3. The van der Waals surface area contributed by atoms with Gasteiger partial charge in [-0.3, -0.25) is 0 Å². The number of allylic oxidation sites excluding steroid dienone is 1. The van der Waals surface area contributed by atoms with Crippen molar-refractivity contribution in [2.75, 3.05) is 37.0 Å². The van der Waals surface area contributed by atoms with Gasteiger partial charge in [0, 0.05) is 50.1 Å². The number of piperidine rings is 1. The molecule has 2 heterocycles. The van der Waals surface area contributed by atoms with Crippen LogP contribution in [-0.2, 0) is 0 Å². The first-order valence-corrected chi connectivity index (χ1v) is 8.66. The van der Waals surface area contributed by atoms with Gasteiger partial charge in [0.15, 0.2) is 0 Å². The van der Waals surface area contributed by atoms with E-state index in [1.54, 1.807) is 11.3 Å². The summed E-state index contributed by atoms with van der Waals surface area (Å²) < 4.78 is 0. The minimum Gasteiger partial charge on any atom is -0.402 e. The molecule has 0 aliphatic carbocycles. The van der Waals surface area contributed by atoms with Gasteiger partial charge in [-0.05, 0) is 25.0 Å². The molecule has 0 radical (unpaired) electrons. The molecular formula is C17H23N5S. The van der Waals surface area contributed by atoms with E-state index < -0.39 is 0 Å². The number of hydrogen-bond acceptors (Lipinski definition) is 6. The molecule has 2 aromatic rings.